The minimum atomic E-state index is -1.62. The molecule has 0 saturated carbocycles. The van der Waals surface area contributed by atoms with E-state index in [0.717, 1.165) is 0 Å². The van der Waals surface area contributed by atoms with Crippen LogP contribution in [0.1, 0.15) is 54.4 Å². The zero-order valence-corrected chi connectivity index (χ0v) is 20.9. The molecule has 0 aromatic rings. The molecule has 0 fully saturated rings. The van der Waals surface area contributed by atoms with E-state index in [-0.39, 0.29) is 51.0 Å². The van der Waals surface area contributed by atoms with E-state index >= 15 is 0 Å². The fourth-order valence-electron chi connectivity index (χ4n) is 4.37. The Labute approximate surface area is 182 Å². The summed E-state index contributed by atoms with van der Waals surface area (Å²) >= 11 is 0. The molecule has 2 aliphatic carbocycles. The standard InChI is InChI=1S/C20H30Si.2ClH.Zr/c1-7-9-21(10-8-2,19-13-15(3)11-17(19)5)20-14-16(4)12-18(20)6;;;/h13-16H,7-10H2,1-6H3;2*1H;/q-2;;;+4/p-2. The molecule has 0 radical (unpaired) electrons. The third-order valence-corrected chi connectivity index (χ3v) is 10.8. The maximum absolute atomic E-state index is 3.64. The Morgan fingerprint density at radius 3 is 1.38 bits per heavy atom. The van der Waals surface area contributed by atoms with Crippen molar-refractivity contribution in [3.05, 3.63) is 45.8 Å². The minimum absolute atomic E-state index is 0. The Balaban J connectivity index is 0. The van der Waals surface area contributed by atoms with E-state index in [1.165, 1.54) is 36.1 Å². The summed E-state index contributed by atoms with van der Waals surface area (Å²) in [6.07, 6.45) is 14.9. The van der Waals surface area contributed by atoms with Crippen molar-refractivity contribution in [2.24, 2.45) is 11.8 Å². The number of hydrogen-bond acceptors (Lipinski definition) is 0. The van der Waals surface area contributed by atoms with Gasteiger partial charge in [0.05, 0.1) is 0 Å². The van der Waals surface area contributed by atoms with Gasteiger partial charge < -0.3 is 24.8 Å². The number of allylic oxidation sites excluding steroid dienone is 8. The van der Waals surface area contributed by atoms with Gasteiger partial charge in [-0.05, 0) is 0 Å². The van der Waals surface area contributed by atoms with Crippen molar-refractivity contribution in [2.45, 2.75) is 66.5 Å². The maximum Gasteiger partial charge on any atom is 4.00 e. The Bertz CT molecular complexity index is 484. The van der Waals surface area contributed by atoms with Crippen LogP contribution >= 0.6 is 0 Å². The first-order valence-electron chi connectivity index (χ1n) is 8.60. The third kappa shape index (κ3) is 5.32. The second-order valence-corrected chi connectivity index (χ2v) is 11.1. The first-order chi connectivity index (χ1) is 9.94. The Kier molecular flexibility index (Phi) is 12.7. The molecule has 24 heavy (non-hydrogen) atoms. The zero-order valence-electron chi connectivity index (χ0n) is 15.9. The van der Waals surface area contributed by atoms with Gasteiger partial charge in [0.1, 0.15) is 0 Å². The predicted molar refractivity (Wildman–Crippen MR) is 95.3 cm³/mol. The van der Waals surface area contributed by atoms with Crippen molar-refractivity contribution >= 4 is 8.07 Å². The van der Waals surface area contributed by atoms with E-state index < -0.39 is 8.07 Å². The number of rotatable bonds is 6. The van der Waals surface area contributed by atoms with Gasteiger partial charge in [-0.1, -0.05) is 86.4 Å². The van der Waals surface area contributed by atoms with Crippen LogP contribution in [0.2, 0.25) is 12.1 Å². The molecule has 2 rings (SSSR count). The first kappa shape index (κ1) is 26.9. The second kappa shape index (κ2) is 11.4. The smallest absolute Gasteiger partial charge is 1.00 e. The molecule has 0 aromatic heterocycles. The maximum atomic E-state index is 3.64. The molecule has 132 valence electrons. The summed E-state index contributed by atoms with van der Waals surface area (Å²) in [5.74, 6) is 0.988. The van der Waals surface area contributed by atoms with Gasteiger partial charge in [0.25, 0.3) is 0 Å². The molecule has 0 saturated heterocycles. The molecule has 0 N–H and O–H groups in total. The summed E-state index contributed by atoms with van der Waals surface area (Å²) in [6.45, 7) is 13.8. The molecule has 0 aromatic carbocycles. The first-order valence-corrected chi connectivity index (χ1v) is 11.0. The van der Waals surface area contributed by atoms with E-state index in [0.29, 0.717) is 11.8 Å². The molecule has 0 aliphatic heterocycles. The SMILES string of the molecule is CCC[Si](CCC)(C1=CC(C)[C-]=C1C)C1=CC(C)[C-]=C1C.[Cl-].[Cl-].[Zr+4]. The minimum Gasteiger partial charge on any atom is -1.00 e. The van der Waals surface area contributed by atoms with Crippen molar-refractivity contribution in [3.8, 4) is 0 Å². The van der Waals surface area contributed by atoms with Crippen LogP contribution in [-0.4, -0.2) is 8.07 Å². The molecule has 0 nitrogen and oxygen atoms in total. The summed E-state index contributed by atoms with van der Waals surface area (Å²) < 4.78 is 0. The van der Waals surface area contributed by atoms with Gasteiger partial charge in [0.2, 0.25) is 0 Å². The Morgan fingerprint density at radius 2 is 1.17 bits per heavy atom. The van der Waals surface area contributed by atoms with Crippen molar-refractivity contribution in [2.75, 3.05) is 0 Å². The van der Waals surface area contributed by atoms with Gasteiger partial charge in [-0.15, -0.1) is 0 Å². The quantitative estimate of drug-likeness (QED) is 0.387. The van der Waals surface area contributed by atoms with Crippen molar-refractivity contribution in [1.29, 1.82) is 0 Å². The predicted octanol–water partition coefficient (Wildman–Crippen LogP) is -0.00972. The summed E-state index contributed by atoms with van der Waals surface area (Å²) in [7, 11) is -1.62. The van der Waals surface area contributed by atoms with E-state index in [9.17, 15) is 0 Å². The summed E-state index contributed by atoms with van der Waals surface area (Å²) in [6, 6.07) is 2.74. The second-order valence-electron chi connectivity index (χ2n) is 6.86. The fraction of sp³-hybridized carbons (Fsp3) is 0.600. The van der Waals surface area contributed by atoms with Crippen LogP contribution in [0.3, 0.4) is 0 Å². The molecular weight excluding hydrogens is 430 g/mol. The van der Waals surface area contributed by atoms with Gasteiger partial charge in [-0.3, -0.25) is 12.2 Å². The van der Waals surface area contributed by atoms with Crippen LogP contribution < -0.4 is 24.8 Å². The number of halogens is 2. The molecular formula is C20H30Cl2SiZr. The summed E-state index contributed by atoms with van der Waals surface area (Å²) in [4.78, 5) is 0. The van der Waals surface area contributed by atoms with E-state index in [1.807, 2.05) is 0 Å². The molecule has 0 bridgehead atoms. The molecule has 2 atom stereocenters. The Hall–Kier alpha value is 0.640. The van der Waals surface area contributed by atoms with Crippen molar-refractivity contribution in [3.63, 3.8) is 0 Å². The van der Waals surface area contributed by atoms with Crippen LogP contribution in [0, 0.1) is 24.0 Å². The van der Waals surface area contributed by atoms with Gasteiger partial charge in [0, 0.05) is 0 Å². The van der Waals surface area contributed by atoms with Crippen molar-refractivity contribution in [1.82, 2.24) is 0 Å². The van der Waals surface area contributed by atoms with Gasteiger partial charge >= 0.3 is 26.2 Å². The van der Waals surface area contributed by atoms with Crippen LogP contribution in [-0.2, 0) is 26.2 Å². The van der Waals surface area contributed by atoms with Crippen LogP contribution in [0.25, 0.3) is 0 Å². The van der Waals surface area contributed by atoms with Gasteiger partial charge in [0.15, 0.2) is 0 Å². The third-order valence-electron chi connectivity index (χ3n) is 4.91. The Morgan fingerprint density at radius 1 is 0.833 bits per heavy atom. The van der Waals surface area contributed by atoms with Crippen LogP contribution in [0.15, 0.2) is 33.7 Å². The monoisotopic (exact) mass is 458 g/mol. The molecule has 0 heterocycles. The van der Waals surface area contributed by atoms with Gasteiger partial charge in [-0.2, -0.15) is 12.2 Å². The summed E-state index contributed by atoms with van der Waals surface area (Å²) in [5.41, 5.74) is 2.87. The van der Waals surface area contributed by atoms with Crippen LogP contribution in [0.4, 0.5) is 0 Å². The van der Waals surface area contributed by atoms with E-state index in [4.69, 9.17) is 0 Å². The van der Waals surface area contributed by atoms with E-state index in [1.54, 1.807) is 10.4 Å². The average Bonchev–Trinajstić information content (AvgIpc) is 2.91. The topological polar surface area (TPSA) is 0 Å². The van der Waals surface area contributed by atoms with Gasteiger partial charge in [-0.25, -0.2) is 21.5 Å². The van der Waals surface area contributed by atoms with E-state index in [2.05, 4.69) is 65.8 Å². The molecule has 2 unspecified atom stereocenters. The molecule has 0 amide bonds. The summed E-state index contributed by atoms with van der Waals surface area (Å²) in [5, 5.41) is 3.36. The fourth-order valence-corrected chi connectivity index (χ4v) is 10.4. The zero-order chi connectivity index (χ0) is 15.6. The van der Waals surface area contributed by atoms with Crippen LogP contribution in [0.5, 0.6) is 0 Å². The largest absolute Gasteiger partial charge is 4.00 e. The normalized spacial score (nSPS) is 22.4. The van der Waals surface area contributed by atoms with Crippen molar-refractivity contribution < 1.29 is 51.0 Å². The average molecular weight is 461 g/mol. The molecule has 2 aliphatic rings. The molecule has 4 heteroatoms. The molecule has 0 spiro atoms. The number of hydrogen-bond donors (Lipinski definition) is 0.